The van der Waals surface area contributed by atoms with Crippen molar-refractivity contribution in [2.45, 2.75) is 18.9 Å². The number of rotatable bonds is 1. The van der Waals surface area contributed by atoms with Crippen LogP contribution < -0.4 is 10.9 Å². The molecule has 2 aliphatic heterocycles. The van der Waals surface area contributed by atoms with Crippen molar-refractivity contribution in [2.24, 2.45) is 5.92 Å². The van der Waals surface area contributed by atoms with Crippen LogP contribution in [-0.4, -0.2) is 27.7 Å². The molecule has 1 aromatic carbocycles. The molecule has 0 unspecified atom stereocenters. The van der Waals surface area contributed by atoms with Crippen LogP contribution in [0.5, 0.6) is 0 Å². The van der Waals surface area contributed by atoms with Gasteiger partial charge in [-0.3, -0.25) is 4.79 Å². The molecule has 2 aliphatic rings. The number of hydrogen-bond acceptors (Lipinski definition) is 2. The van der Waals surface area contributed by atoms with Gasteiger partial charge in [-0.15, -0.1) is 0 Å². The van der Waals surface area contributed by atoms with Gasteiger partial charge >= 0.3 is 0 Å². The van der Waals surface area contributed by atoms with Gasteiger partial charge in [0.15, 0.2) is 5.11 Å². The number of nitrogens with one attached hydrogen (secondary N) is 1. The molecule has 2 aromatic rings. The van der Waals surface area contributed by atoms with Crippen molar-refractivity contribution < 1.29 is 0 Å². The van der Waals surface area contributed by atoms with E-state index in [1.54, 1.807) is 6.07 Å². The van der Waals surface area contributed by atoms with Gasteiger partial charge in [-0.2, -0.15) is 0 Å². The summed E-state index contributed by atoms with van der Waals surface area (Å²) < 4.78 is 1.94. The highest BCUT2D eigenvalue weighted by atomic mass is 35.5. The number of aromatic nitrogens is 1. The highest BCUT2D eigenvalue weighted by Crippen LogP contribution is 2.35. The van der Waals surface area contributed by atoms with Crippen LogP contribution in [0.3, 0.4) is 0 Å². The average molecular weight is 360 g/mol. The lowest BCUT2D eigenvalue weighted by Gasteiger charge is -2.43. The van der Waals surface area contributed by atoms with Crippen LogP contribution in [0.4, 0.5) is 5.69 Å². The number of thiocarbonyl (C=S) groups is 1. The lowest BCUT2D eigenvalue weighted by atomic mass is 9.83. The van der Waals surface area contributed by atoms with Crippen molar-refractivity contribution in [2.75, 3.05) is 18.4 Å². The van der Waals surface area contributed by atoms with Gasteiger partial charge in [0.05, 0.1) is 0 Å². The van der Waals surface area contributed by atoms with Crippen molar-refractivity contribution in [3.8, 4) is 0 Å². The van der Waals surface area contributed by atoms with Crippen molar-refractivity contribution >= 4 is 34.6 Å². The number of nitrogens with zero attached hydrogens (tertiary/aromatic N) is 2. The number of hydrogen-bond donors (Lipinski definition) is 1. The number of fused-ring (bicyclic) bond motifs is 4. The molecule has 0 amide bonds. The molecule has 0 spiro atoms. The van der Waals surface area contributed by atoms with Crippen LogP contribution in [0.25, 0.3) is 0 Å². The molecule has 0 aliphatic carbocycles. The standard InChI is InChI=1S/C18H18ClN3OS/c19-14-4-6-15(7-5-14)20-18(24)21-9-12-8-13(11-21)16-2-1-3-17(23)22(16)10-12/h1-7,12-13H,8-11H2,(H,20,24)/t12-,13-/m0/s1. The SMILES string of the molecule is O=c1cccc2n1C[C@H]1C[C@H]2CN(C(=S)Nc2ccc(Cl)cc2)C1. The maximum absolute atomic E-state index is 12.1. The number of halogens is 1. The number of likely N-dealkylation sites (tertiary alicyclic amines) is 1. The van der Waals surface area contributed by atoms with E-state index in [-0.39, 0.29) is 5.56 Å². The van der Waals surface area contributed by atoms with Gasteiger partial charge < -0.3 is 14.8 Å². The van der Waals surface area contributed by atoms with Crippen molar-refractivity contribution in [1.29, 1.82) is 0 Å². The second kappa shape index (κ2) is 6.22. The second-order valence-corrected chi connectivity index (χ2v) is 7.36. The molecule has 6 heteroatoms. The number of piperidine rings is 1. The van der Waals surface area contributed by atoms with E-state index in [0.717, 1.165) is 42.5 Å². The van der Waals surface area contributed by atoms with E-state index in [2.05, 4.69) is 16.3 Å². The zero-order valence-corrected chi connectivity index (χ0v) is 14.7. The summed E-state index contributed by atoms with van der Waals surface area (Å²) in [4.78, 5) is 14.3. The van der Waals surface area contributed by atoms with Crippen LogP contribution in [-0.2, 0) is 6.54 Å². The third-order valence-electron chi connectivity index (χ3n) is 4.86. The van der Waals surface area contributed by atoms with E-state index >= 15 is 0 Å². The predicted molar refractivity (Wildman–Crippen MR) is 101 cm³/mol. The molecule has 2 atom stereocenters. The molecule has 1 saturated heterocycles. The Bertz CT molecular complexity index is 833. The molecule has 3 heterocycles. The minimum atomic E-state index is 0.109. The lowest BCUT2D eigenvalue weighted by molar-refractivity contribution is 0.180. The van der Waals surface area contributed by atoms with Gasteiger partial charge in [-0.05, 0) is 54.9 Å². The minimum Gasteiger partial charge on any atom is -0.348 e. The van der Waals surface area contributed by atoms with Crippen LogP contribution in [0, 0.1) is 5.92 Å². The molecule has 0 radical (unpaired) electrons. The molecule has 1 fully saturated rings. The molecular weight excluding hydrogens is 342 g/mol. The Morgan fingerprint density at radius 1 is 1.12 bits per heavy atom. The predicted octanol–water partition coefficient (Wildman–Crippen LogP) is 3.32. The molecule has 24 heavy (non-hydrogen) atoms. The Morgan fingerprint density at radius 2 is 1.92 bits per heavy atom. The highest BCUT2D eigenvalue weighted by molar-refractivity contribution is 7.80. The minimum absolute atomic E-state index is 0.109. The Hall–Kier alpha value is -1.85. The number of benzene rings is 1. The Kier molecular flexibility index (Phi) is 4.06. The molecule has 2 bridgehead atoms. The van der Waals surface area contributed by atoms with E-state index in [0.29, 0.717) is 16.9 Å². The van der Waals surface area contributed by atoms with Gasteiger partial charge in [0.25, 0.3) is 5.56 Å². The van der Waals surface area contributed by atoms with E-state index in [1.807, 2.05) is 34.9 Å². The summed E-state index contributed by atoms with van der Waals surface area (Å²) in [6.45, 7) is 2.52. The first-order chi connectivity index (χ1) is 11.6. The van der Waals surface area contributed by atoms with Crippen molar-refractivity contribution in [3.05, 3.63) is 63.5 Å². The van der Waals surface area contributed by atoms with E-state index < -0.39 is 0 Å². The molecule has 4 nitrogen and oxygen atoms in total. The fraction of sp³-hybridized carbons (Fsp3) is 0.333. The maximum atomic E-state index is 12.1. The zero-order valence-electron chi connectivity index (χ0n) is 13.1. The van der Waals surface area contributed by atoms with Crippen LogP contribution >= 0.6 is 23.8 Å². The summed E-state index contributed by atoms with van der Waals surface area (Å²) in [5, 5.41) is 4.74. The first kappa shape index (κ1) is 15.7. The third kappa shape index (κ3) is 2.94. The quantitative estimate of drug-likeness (QED) is 0.792. The molecule has 1 aromatic heterocycles. The highest BCUT2D eigenvalue weighted by Gasteiger charge is 2.35. The molecule has 124 valence electrons. The molecular formula is C18H18ClN3OS. The third-order valence-corrected chi connectivity index (χ3v) is 5.47. The summed E-state index contributed by atoms with van der Waals surface area (Å²) in [5.74, 6) is 0.817. The van der Waals surface area contributed by atoms with Crippen molar-refractivity contribution in [3.63, 3.8) is 0 Å². The smallest absolute Gasteiger partial charge is 0.250 e. The first-order valence-electron chi connectivity index (χ1n) is 8.11. The monoisotopic (exact) mass is 359 g/mol. The lowest BCUT2D eigenvalue weighted by Crippen LogP contribution is -2.50. The van der Waals surface area contributed by atoms with E-state index in [9.17, 15) is 4.79 Å². The number of pyridine rings is 1. The van der Waals surface area contributed by atoms with Gasteiger partial charge in [0, 0.05) is 48.0 Å². The topological polar surface area (TPSA) is 37.3 Å². The van der Waals surface area contributed by atoms with Crippen LogP contribution in [0.15, 0.2) is 47.3 Å². The fourth-order valence-electron chi connectivity index (χ4n) is 3.80. The summed E-state index contributed by atoms with van der Waals surface area (Å²) >= 11 is 11.5. The van der Waals surface area contributed by atoms with Gasteiger partial charge in [-0.25, -0.2) is 0 Å². The largest absolute Gasteiger partial charge is 0.348 e. The Labute approximate surface area is 151 Å². The summed E-state index contributed by atoms with van der Waals surface area (Å²) in [6.07, 6.45) is 1.13. The van der Waals surface area contributed by atoms with E-state index in [4.69, 9.17) is 23.8 Å². The Balaban J connectivity index is 1.52. The van der Waals surface area contributed by atoms with Crippen LogP contribution in [0.1, 0.15) is 18.0 Å². The normalized spacial score (nSPS) is 22.0. The first-order valence-corrected chi connectivity index (χ1v) is 8.90. The van der Waals surface area contributed by atoms with Gasteiger partial charge in [0.2, 0.25) is 0 Å². The van der Waals surface area contributed by atoms with E-state index in [1.165, 1.54) is 0 Å². The van der Waals surface area contributed by atoms with Gasteiger partial charge in [0.1, 0.15) is 0 Å². The Morgan fingerprint density at radius 3 is 2.71 bits per heavy atom. The summed E-state index contributed by atoms with van der Waals surface area (Å²) in [7, 11) is 0. The summed E-state index contributed by atoms with van der Waals surface area (Å²) in [6, 6.07) is 13.1. The zero-order chi connectivity index (χ0) is 16.7. The summed E-state index contributed by atoms with van der Waals surface area (Å²) in [5.41, 5.74) is 2.19. The fourth-order valence-corrected chi connectivity index (χ4v) is 4.19. The van der Waals surface area contributed by atoms with Crippen LogP contribution in [0.2, 0.25) is 5.02 Å². The molecule has 0 saturated carbocycles. The average Bonchev–Trinajstić information content (AvgIpc) is 2.58. The number of anilines is 1. The molecule has 1 N–H and O–H groups in total. The second-order valence-electron chi connectivity index (χ2n) is 6.54. The van der Waals surface area contributed by atoms with Gasteiger partial charge in [-0.1, -0.05) is 17.7 Å². The van der Waals surface area contributed by atoms with Crippen molar-refractivity contribution in [1.82, 2.24) is 9.47 Å². The molecule has 4 rings (SSSR count). The maximum Gasteiger partial charge on any atom is 0.250 e.